The third-order valence-corrected chi connectivity index (χ3v) is 7.15. The third kappa shape index (κ3) is 4.10. The van der Waals surface area contributed by atoms with Gasteiger partial charge in [0.15, 0.2) is 41.5 Å². The SMILES string of the molecule is COc1ccc(C(=O)C(N)c2c3[n+](cc4c(OC)c(OC)ccc24)CCc2cc4c(cc2-3)OCO4)cc1.[I-]. The van der Waals surface area contributed by atoms with E-state index < -0.39 is 6.04 Å². The molecule has 9 heteroatoms. The number of hydrogen-bond donors (Lipinski definition) is 1. The molecular formula is C29H27IN2O6. The first kappa shape index (κ1) is 26.1. The van der Waals surface area contributed by atoms with Crippen LogP contribution >= 0.6 is 0 Å². The van der Waals surface area contributed by atoms with Gasteiger partial charge in [-0.05, 0) is 54.1 Å². The number of aryl methyl sites for hydroxylation is 2. The molecule has 0 spiro atoms. The summed E-state index contributed by atoms with van der Waals surface area (Å²) in [6.07, 6.45) is 2.84. The molecular weight excluding hydrogens is 599 g/mol. The molecule has 0 aliphatic carbocycles. The summed E-state index contributed by atoms with van der Waals surface area (Å²) in [7, 11) is 4.81. The molecule has 2 N–H and O–H groups in total. The molecule has 3 aromatic carbocycles. The Morgan fingerprint density at radius 2 is 1.68 bits per heavy atom. The fourth-order valence-corrected chi connectivity index (χ4v) is 5.33. The van der Waals surface area contributed by atoms with E-state index in [1.807, 2.05) is 30.5 Å². The highest BCUT2D eigenvalue weighted by atomic mass is 127. The second-order valence-electron chi connectivity index (χ2n) is 9.03. The number of methoxy groups -OCH3 is 3. The second-order valence-corrected chi connectivity index (χ2v) is 9.03. The maximum atomic E-state index is 13.8. The van der Waals surface area contributed by atoms with Gasteiger partial charge < -0.3 is 53.4 Å². The van der Waals surface area contributed by atoms with E-state index >= 15 is 0 Å². The first-order valence-corrected chi connectivity index (χ1v) is 12.0. The van der Waals surface area contributed by atoms with Gasteiger partial charge in [0.05, 0.1) is 37.8 Å². The van der Waals surface area contributed by atoms with Crippen molar-refractivity contribution in [2.24, 2.45) is 5.73 Å². The molecule has 2 aliphatic rings. The number of Topliss-reactive ketones (excluding diaryl/α,β-unsaturated/α-hetero) is 1. The van der Waals surface area contributed by atoms with Crippen LogP contribution in [0.1, 0.15) is 27.5 Å². The van der Waals surface area contributed by atoms with Crippen molar-refractivity contribution < 1.29 is 57.0 Å². The summed E-state index contributed by atoms with van der Waals surface area (Å²) in [5, 5.41) is 1.64. The van der Waals surface area contributed by atoms with Crippen LogP contribution in [0.25, 0.3) is 22.0 Å². The smallest absolute Gasteiger partial charge is 0.231 e. The van der Waals surface area contributed by atoms with Crippen LogP contribution in [-0.4, -0.2) is 33.9 Å². The van der Waals surface area contributed by atoms with Gasteiger partial charge in [0.2, 0.25) is 12.5 Å². The average molecular weight is 626 g/mol. The summed E-state index contributed by atoms with van der Waals surface area (Å²) in [4.78, 5) is 13.8. The lowest BCUT2D eigenvalue weighted by Crippen LogP contribution is -3.00. The van der Waals surface area contributed by atoms with Crippen molar-refractivity contribution in [2.45, 2.75) is 19.0 Å². The third-order valence-electron chi connectivity index (χ3n) is 7.15. The lowest BCUT2D eigenvalue weighted by Gasteiger charge is -2.23. The van der Waals surface area contributed by atoms with Crippen molar-refractivity contribution in [3.8, 4) is 40.0 Å². The molecule has 6 rings (SSSR count). The molecule has 0 radical (unpaired) electrons. The molecule has 4 aromatic rings. The molecule has 0 saturated heterocycles. The van der Waals surface area contributed by atoms with Gasteiger partial charge in [0.1, 0.15) is 11.8 Å². The van der Waals surface area contributed by atoms with Crippen LogP contribution in [0.4, 0.5) is 0 Å². The molecule has 8 nitrogen and oxygen atoms in total. The zero-order chi connectivity index (χ0) is 25.7. The summed E-state index contributed by atoms with van der Waals surface area (Å²) in [5.41, 5.74) is 11.0. The van der Waals surface area contributed by atoms with Crippen molar-refractivity contribution >= 4 is 16.6 Å². The quantitative estimate of drug-likeness (QED) is 0.194. The lowest BCUT2D eigenvalue weighted by molar-refractivity contribution is -0.686. The zero-order valence-electron chi connectivity index (χ0n) is 21.2. The highest BCUT2D eigenvalue weighted by Gasteiger charge is 2.36. The maximum Gasteiger partial charge on any atom is 0.231 e. The molecule has 0 saturated carbocycles. The van der Waals surface area contributed by atoms with Crippen LogP contribution in [0, 0.1) is 0 Å². The fourth-order valence-electron chi connectivity index (χ4n) is 5.33. The van der Waals surface area contributed by atoms with Crippen molar-refractivity contribution in [3.05, 3.63) is 71.4 Å². The molecule has 1 aromatic heterocycles. The van der Waals surface area contributed by atoms with Gasteiger partial charge in [-0.25, -0.2) is 0 Å². The highest BCUT2D eigenvalue weighted by molar-refractivity contribution is 6.05. The molecule has 196 valence electrons. The van der Waals surface area contributed by atoms with Crippen molar-refractivity contribution in [2.75, 3.05) is 28.1 Å². The number of rotatable bonds is 6. The minimum atomic E-state index is -0.937. The van der Waals surface area contributed by atoms with Crippen LogP contribution in [0.2, 0.25) is 0 Å². The van der Waals surface area contributed by atoms with Crippen LogP contribution in [0.15, 0.2) is 54.7 Å². The van der Waals surface area contributed by atoms with E-state index in [4.69, 9.17) is 29.4 Å². The first-order valence-electron chi connectivity index (χ1n) is 12.0. The normalized spacial score (nSPS) is 13.7. The summed E-state index contributed by atoms with van der Waals surface area (Å²) < 4.78 is 30.0. The topological polar surface area (TPSA) is 93.1 Å². The Labute approximate surface area is 237 Å². The van der Waals surface area contributed by atoms with E-state index in [1.54, 1.807) is 45.6 Å². The number of fused-ring (bicyclic) bond motifs is 5. The molecule has 1 unspecified atom stereocenters. The molecule has 0 bridgehead atoms. The number of aromatic nitrogens is 1. The van der Waals surface area contributed by atoms with Crippen molar-refractivity contribution in [1.82, 2.24) is 0 Å². The van der Waals surface area contributed by atoms with Gasteiger partial charge in [-0.1, -0.05) is 0 Å². The fraction of sp³-hybridized carbons (Fsp3) is 0.241. The maximum absolute atomic E-state index is 13.8. The molecule has 2 aliphatic heterocycles. The van der Waals surface area contributed by atoms with Crippen LogP contribution in [-0.2, 0) is 13.0 Å². The van der Waals surface area contributed by atoms with Crippen molar-refractivity contribution in [1.29, 1.82) is 0 Å². The Kier molecular flexibility index (Phi) is 7.06. The van der Waals surface area contributed by atoms with Gasteiger partial charge in [-0.2, -0.15) is 4.57 Å². The Morgan fingerprint density at radius 3 is 2.37 bits per heavy atom. The summed E-state index contributed by atoms with van der Waals surface area (Å²) in [6, 6.07) is 13.9. The van der Waals surface area contributed by atoms with Gasteiger partial charge in [0.25, 0.3) is 0 Å². The first-order chi connectivity index (χ1) is 18.0. The minimum Gasteiger partial charge on any atom is -1.00 e. The van der Waals surface area contributed by atoms with Gasteiger partial charge in [0, 0.05) is 17.4 Å². The predicted molar refractivity (Wildman–Crippen MR) is 137 cm³/mol. The number of hydrogen-bond acceptors (Lipinski definition) is 7. The van der Waals surface area contributed by atoms with E-state index in [9.17, 15) is 4.79 Å². The summed E-state index contributed by atoms with van der Waals surface area (Å²) >= 11 is 0. The van der Waals surface area contributed by atoms with E-state index in [-0.39, 0.29) is 36.6 Å². The number of nitrogens with two attached hydrogens (primary N) is 1. The van der Waals surface area contributed by atoms with E-state index in [2.05, 4.69) is 4.57 Å². The lowest BCUT2D eigenvalue weighted by atomic mass is 9.86. The Bertz CT molecular complexity index is 1550. The number of pyridine rings is 1. The number of nitrogens with zero attached hydrogens (tertiary/aromatic N) is 1. The Morgan fingerprint density at radius 1 is 0.947 bits per heavy atom. The molecule has 38 heavy (non-hydrogen) atoms. The molecule has 1 atom stereocenters. The van der Waals surface area contributed by atoms with Crippen LogP contribution in [0.3, 0.4) is 0 Å². The number of carbonyl (C=O) groups excluding carboxylic acids is 1. The van der Waals surface area contributed by atoms with Crippen LogP contribution < -0.4 is 58.0 Å². The average Bonchev–Trinajstić information content (AvgIpc) is 3.40. The Hall–Kier alpha value is -3.57. The second kappa shape index (κ2) is 10.3. The van der Waals surface area contributed by atoms with Gasteiger partial charge in [-0.3, -0.25) is 4.79 Å². The van der Waals surface area contributed by atoms with Gasteiger partial charge >= 0.3 is 0 Å². The summed E-state index contributed by atoms with van der Waals surface area (Å²) in [6.45, 7) is 0.893. The number of carbonyl (C=O) groups is 1. The van der Waals surface area contributed by atoms with Crippen LogP contribution in [0.5, 0.6) is 28.7 Å². The molecule has 3 heterocycles. The van der Waals surface area contributed by atoms with Crippen molar-refractivity contribution in [3.63, 3.8) is 0 Å². The van der Waals surface area contributed by atoms with Gasteiger partial charge in [-0.15, -0.1) is 0 Å². The summed E-state index contributed by atoms with van der Waals surface area (Å²) in [5.74, 6) is 3.10. The highest BCUT2D eigenvalue weighted by Crippen LogP contribution is 2.45. The number of halogens is 1. The standard InChI is InChI=1S/C29H27N2O6.HI/c1-33-18-6-4-16(5-7-18)28(32)26(30)25-19-8-9-22(34-2)29(35-3)21(19)14-31-11-10-17-12-23-24(37-15-36-23)13-20(17)27(25)31;/h4-9,12-14,26H,10-11,15,30H2,1-3H3;1H/q+1;/p-1. The number of benzene rings is 3. The molecule has 0 fully saturated rings. The number of ether oxygens (including phenoxy) is 5. The van der Waals surface area contributed by atoms with E-state index in [0.29, 0.717) is 35.1 Å². The minimum absolute atomic E-state index is 0. The van der Waals surface area contributed by atoms with E-state index in [0.717, 1.165) is 45.3 Å². The zero-order valence-corrected chi connectivity index (χ0v) is 23.4. The van der Waals surface area contributed by atoms with E-state index in [1.165, 1.54) is 0 Å². The molecule has 0 amide bonds. The number of ketones is 1. The predicted octanol–water partition coefficient (Wildman–Crippen LogP) is 0.992. The Balaban J connectivity index is 0.00000294. The monoisotopic (exact) mass is 626 g/mol. The largest absolute Gasteiger partial charge is 1.00 e.